The van der Waals surface area contributed by atoms with E-state index in [1.165, 1.54) is 16.4 Å². The summed E-state index contributed by atoms with van der Waals surface area (Å²) in [6.45, 7) is 0. The molecule has 8 nitrogen and oxygen atoms in total. The number of hydrogen-bond donors (Lipinski definition) is 1. The predicted molar refractivity (Wildman–Crippen MR) is 108 cm³/mol. The second kappa shape index (κ2) is 8.75. The molecule has 0 amide bonds. The molecule has 2 aromatic carbocycles. The highest BCUT2D eigenvalue weighted by molar-refractivity contribution is 7.98. The van der Waals surface area contributed by atoms with Crippen molar-refractivity contribution in [2.24, 2.45) is 0 Å². The van der Waals surface area contributed by atoms with Gasteiger partial charge in [0.05, 0.1) is 28.4 Å². The van der Waals surface area contributed by atoms with Gasteiger partial charge in [-0.15, -0.1) is 10.2 Å². The zero-order chi connectivity index (χ0) is 20.1. The molecular formula is C19H22N4O4S. The first-order valence-electron chi connectivity index (χ1n) is 8.37. The Hall–Kier alpha value is -3.07. The van der Waals surface area contributed by atoms with Crippen LogP contribution in [0.4, 0.5) is 0 Å². The van der Waals surface area contributed by atoms with Gasteiger partial charge in [0.15, 0.2) is 17.3 Å². The van der Waals surface area contributed by atoms with Gasteiger partial charge < -0.3 is 24.8 Å². The van der Waals surface area contributed by atoms with Gasteiger partial charge >= 0.3 is 0 Å². The third-order valence-electron chi connectivity index (χ3n) is 4.09. The van der Waals surface area contributed by atoms with Crippen LogP contribution in [-0.4, -0.2) is 43.3 Å². The topological polar surface area (TPSA) is 93.7 Å². The van der Waals surface area contributed by atoms with Crippen LogP contribution in [0, 0.1) is 0 Å². The minimum Gasteiger partial charge on any atom is -0.497 e. The number of nitrogen functional groups attached to an aromatic ring is 1. The number of aromatic nitrogens is 3. The van der Waals surface area contributed by atoms with Crippen LogP contribution in [0.15, 0.2) is 41.6 Å². The molecule has 28 heavy (non-hydrogen) atoms. The molecule has 1 heterocycles. The summed E-state index contributed by atoms with van der Waals surface area (Å²) in [7, 11) is 6.32. The molecule has 0 fully saturated rings. The van der Waals surface area contributed by atoms with Crippen LogP contribution < -0.4 is 24.8 Å². The highest BCUT2D eigenvalue weighted by Crippen LogP contribution is 2.41. The number of thioether (sulfide) groups is 1. The predicted octanol–water partition coefficient (Wildman–Crippen LogP) is 2.99. The lowest BCUT2D eigenvalue weighted by Crippen LogP contribution is -2.11. The van der Waals surface area contributed by atoms with E-state index in [0.717, 1.165) is 11.3 Å². The number of methoxy groups -OCH3 is 4. The molecule has 9 heteroatoms. The molecule has 3 rings (SSSR count). The first kappa shape index (κ1) is 19.7. The Morgan fingerprint density at radius 1 is 0.929 bits per heavy atom. The van der Waals surface area contributed by atoms with Gasteiger partial charge in [0.2, 0.25) is 10.9 Å². The van der Waals surface area contributed by atoms with Crippen molar-refractivity contribution in [3.8, 4) is 34.4 Å². The van der Waals surface area contributed by atoms with Gasteiger partial charge in [0, 0.05) is 11.3 Å². The van der Waals surface area contributed by atoms with E-state index in [1.54, 1.807) is 40.6 Å². The summed E-state index contributed by atoms with van der Waals surface area (Å²) in [5.41, 5.74) is 1.81. The third kappa shape index (κ3) is 3.94. The Bertz CT molecular complexity index is 936. The van der Waals surface area contributed by atoms with Crippen molar-refractivity contribution in [1.82, 2.24) is 14.9 Å². The Labute approximate surface area is 167 Å². The summed E-state index contributed by atoms with van der Waals surface area (Å²) in [6, 6.07) is 11.4. The van der Waals surface area contributed by atoms with Gasteiger partial charge in [-0.25, -0.2) is 4.68 Å². The van der Waals surface area contributed by atoms with Crippen molar-refractivity contribution in [2.45, 2.75) is 10.9 Å². The van der Waals surface area contributed by atoms with Crippen molar-refractivity contribution < 1.29 is 18.9 Å². The van der Waals surface area contributed by atoms with Crippen LogP contribution in [0.3, 0.4) is 0 Å². The van der Waals surface area contributed by atoms with E-state index in [-0.39, 0.29) is 0 Å². The first-order valence-corrected chi connectivity index (χ1v) is 9.36. The molecule has 3 aromatic rings. The summed E-state index contributed by atoms with van der Waals surface area (Å²) in [4.78, 5) is 0. The van der Waals surface area contributed by atoms with Gasteiger partial charge in [-0.05, 0) is 29.8 Å². The maximum atomic E-state index is 6.24. The lowest BCUT2D eigenvalue weighted by Gasteiger charge is -2.13. The van der Waals surface area contributed by atoms with E-state index in [0.29, 0.717) is 39.5 Å². The SMILES string of the molecule is COc1cccc(CSc2nnc(-c3cc(OC)c(OC)c(OC)c3)n2N)c1. The lowest BCUT2D eigenvalue weighted by molar-refractivity contribution is 0.324. The van der Waals surface area contributed by atoms with Gasteiger partial charge in [0.1, 0.15) is 5.75 Å². The van der Waals surface area contributed by atoms with Crippen molar-refractivity contribution in [1.29, 1.82) is 0 Å². The highest BCUT2D eigenvalue weighted by atomic mass is 32.2. The molecule has 0 spiro atoms. The Morgan fingerprint density at radius 3 is 2.25 bits per heavy atom. The van der Waals surface area contributed by atoms with Gasteiger partial charge in [0.25, 0.3) is 0 Å². The van der Waals surface area contributed by atoms with Crippen LogP contribution in [0.5, 0.6) is 23.0 Å². The van der Waals surface area contributed by atoms with Crippen LogP contribution in [0.2, 0.25) is 0 Å². The molecule has 0 unspecified atom stereocenters. The molecule has 0 saturated heterocycles. The minimum absolute atomic E-state index is 0.493. The number of nitrogens with two attached hydrogens (primary N) is 1. The molecule has 1 aromatic heterocycles. The van der Waals surface area contributed by atoms with Crippen molar-refractivity contribution in [3.63, 3.8) is 0 Å². The van der Waals surface area contributed by atoms with E-state index in [2.05, 4.69) is 10.2 Å². The standard InChI is InChI=1S/C19H22N4O4S/c1-24-14-7-5-6-12(8-14)11-28-19-22-21-18(23(19)20)13-9-15(25-2)17(27-4)16(10-13)26-3/h5-10H,11,20H2,1-4H3. The summed E-state index contributed by atoms with van der Waals surface area (Å²) < 4.78 is 22.8. The minimum atomic E-state index is 0.493. The van der Waals surface area contributed by atoms with Crippen LogP contribution in [0.1, 0.15) is 5.56 Å². The number of benzene rings is 2. The zero-order valence-electron chi connectivity index (χ0n) is 16.1. The summed E-state index contributed by atoms with van der Waals surface area (Å²) in [5, 5.41) is 9.03. The molecule has 2 N–H and O–H groups in total. The molecule has 0 aliphatic carbocycles. The molecule has 0 aliphatic heterocycles. The number of hydrogen-bond acceptors (Lipinski definition) is 8. The largest absolute Gasteiger partial charge is 0.497 e. The molecule has 0 bridgehead atoms. The fourth-order valence-corrected chi connectivity index (χ4v) is 3.49. The summed E-state index contributed by atoms with van der Waals surface area (Å²) in [5.74, 6) is 9.77. The molecule has 0 aliphatic rings. The van der Waals surface area contributed by atoms with E-state index in [1.807, 2.05) is 24.3 Å². The van der Waals surface area contributed by atoms with Crippen LogP contribution in [-0.2, 0) is 5.75 Å². The normalized spacial score (nSPS) is 10.6. The highest BCUT2D eigenvalue weighted by Gasteiger charge is 2.18. The molecule has 0 atom stereocenters. The smallest absolute Gasteiger partial charge is 0.210 e. The van der Waals surface area contributed by atoms with E-state index < -0.39 is 0 Å². The molecule has 148 valence electrons. The lowest BCUT2D eigenvalue weighted by atomic mass is 10.1. The van der Waals surface area contributed by atoms with Crippen LogP contribution in [0.25, 0.3) is 11.4 Å². The van der Waals surface area contributed by atoms with Crippen molar-refractivity contribution in [3.05, 3.63) is 42.0 Å². The Kier molecular flexibility index (Phi) is 6.15. The fraction of sp³-hybridized carbons (Fsp3) is 0.263. The van der Waals surface area contributed by atoms with Crippen molar-refractivity contribution >= 4 is 11.8 Å². The zero-order valence-corrected chi connectivity index (χ0v) is 16.9. The van der Waals surface area contributed by atoms with E-state index in [4.69, 9.17) is 24.8 Å². The number of ether oxygens (including phenoxy) is 4. The van der Waals surface area contributed by atoms with E-state index >= 15 is 0 Å². The summed E-state index contributed by atoms with van der Waals surface area (Å²) >= 11 is 1.48. The molecule has 0 radical (unpaired) electrons. The maximum absolute atomic E-state index is 6.24. The Balaban J connectivity index is 1.86. The van der Waals surface area contributed by atoms with Gasteiger partial charge in [-0.1, -0.05) is 23.9 Å². The van der Waals surface area contributed by atoms with Gasteiger partial charge in [-0.3, -0.25) is 0 Å². The van der Waals surface area contributed by atoms with Gasteiger partial charge in [-0.2, -0.15) is 0 Å². The number of nitrogens with zero attached hydrogens (tertiary/aromatic N) is 3. The quantitative estimate of drug-likeness (QED) is 0.454. The Morgan fingerprint density at radius 2 is 1.64 bits per heavy atom. The second-order valence-corrected chi connectivity index (χ2v) is 6.67. The summed E-state index contributed by atoms with van der Waals surface area (Å²) in [6.07, 6.45) is 0. The average molecular weight is 402 g/mol. The van der Waals surface area contributed by atoms with Crippen LogP contribution >= 0.6 is 11.8 Å². The second-order valence-electron chi connectivity index (χ2n) is 5.73. The van der Waals surface area contributed by atoms with E-state index in [9.17, 15) is 0 Å². The number of rotatable bonds is 8. The molecular weight excluding hydrogens is 380 g/mol. The average Bonchev–Trinajstić information content (AvgIpc) is 3.11. The fourth-order valence-electron chi connectivity index (χ4n) is 2.69. The third-order valence-corrected chi connectivity index (χ3v) is 5.10. The maximum Gasteiger partial charge on any atom is 0.210 e. The van der Waals surface area contributed by atoms with Crippen molar-refractivity contribution in [2.75, 3.05) is 34.3 Å². The monoisotopic (exact) mass is 402 g/mol. The molecule has 0 saturated carbocycles. The first-order chi connectivity index (χ1) is 13.6.